The number of thioether (sulfide) groups is 1. The summed E-state index contributed by atoms with van der Waals surface area (Å²) in [7, 11) is 0. The van der Waals surface area contributed by atoms with E-state index in [0.717, 1.165) is 21.3 Å². The summed E-state index contributed by atoms with van der Waals surface area (Å²) in [4.78, 5) is 33.0. The van der Waals surface area contributed by atoms with Gasteiger partial charge in [0.25, 0.3) is 0 Å². The van der Waals surface area contributed by atoms with E-state index in [0.29, 0.717) is 17.8 Å². The van der Waals surface area contributed by atoms with E-state index in [1.54, 1.807) is 30.4 Å². The van der Waals surface area contributed by atoms with Gasteiger partial charge in [0.15, 0.2) is 5.17 Å². The van der Waals surface area contributed by atoms with E-state index in [2.05, 4.69) is 10.3 Å². The van der Waals surface area contributed by atoms with Gasteiger partial charge in [-0.25, -0.2) is 14.2 Å². The molecule has 1 atom stereocenters. The van der Waals surface area contributed by atoms with Crippen molar-refractivity contribution in [1.82, 2.24) is 10.2 Å². The third-order valence-electron chi connectivity index (χ3n) is 5.05. The molecular weight excluding hydrogens is 449 g/mol. The van der Waals surface area contributed by atoms with Gasteiger partial charge < -0.3 is 15.0 Å². The molecule has 2 aliphatic heterocycles. The third-order valence-corrected chi connectivity index (χ3v) is 6.87. The Bertz CT molecular complexity index is 1110. The lowest BCUT2D eigenvalue weighted by atomic mass is 9.99. The molecule has 1 amide bonds. The smallest absolute Gasteiger partial charge is 0.338 e. The number of hydrogen-bond donors (Lipinski definition) is 1. The SMILES string of the molecule is CCOC(=O)C1=C(C)N=C2SC=C(CC(=O)NCc3ccc(F)cc3)N2[C@H]1c1cccs1. The quantitative estimate of drug-likeness (QED) is 0.591. The molecule has 0 radical (unpaired) electrons. The minimum atomic E-state index is -0.400. The predicted octanol–water partition coefficient (Wildman–Crippen LogP) is 4.73. The Labute approximate surface area is 193 Å². The molecule has 2 aliphatic rings. The highest BCUT2D eigenvalue weighted by atomic mass is 32.2. The number of aliphatic imine (C=N–C) groups is 1. The first-order chi connectivity index (χ1) is 15.5. The molecule has 0 saturated carbocycles. The van der Waals surface area contributed by atoms with E-state index in [4.69, 9.17) is 4.74 Å². The normalized spacial score (nSPS) is 17.6. The maximum atomic E-state index is 13.1. The zero-order chi connectivity index (χ0) is 22.7. The van der Waals surface area contributed by atoms with Crippen molar-refractivity contribution in [2.75, 3.05) is 6.61 Å². The monoisotopic (exact) mass is 471 g/mol. The van der Waals surface area contributed by atoms with Crippen LogP contribution >= 0.6 is 23.1 Å². The molecule has 166 valence electrons. The number of carbonyl (C=O) groups is 2. The highest BCUT2D eigenvalue weighted by Gasteiger charge is 2.41. The summed E-state index contributed by atoms with van der Waals surface area (Å²) in [5, 5.41) is 7.47. The molecule has 0 fully saturated rings. The zero-order valence-electron chi connectivity index (χ0n) is 17.6. The second-order valence-corrected chi connectivity index (χ2v) is 9.02. The van der Waals surface area contributed by atoms with Crippen molar-refractivity contribution in [2.45, 2.75) is 32.9 Å². The predicted molar refractivity (Wildman–Crippen MR) is 124 cm³/mol. The lowest BCUT2D eigenvalue weighted by Crippen LogP contribution is -2.37. The molecule has 0 bridgehead atoms. The van der Waals surface area contributed by atoms with E-state index >= 15 is 0 Å². The van der Waals surface area contributed by atoms with Crippen LogP contribution < -0.4 is 5.32 Å². The number of rotatable bonds is 7. The van der Waals surface area contributed by atoms with Gasteiger partial charge in [0.1, 0.15) is 11.9 Å². The number of nitrogens with one attached hydrogen (secondary N) is 1. The Kier molecular flexibility index (Phi) is 6.76. The standard InChI is InChI=1S/C23H22FN3O3S2/c1-3-30-22(29)20-14(2)26-23-27(21(20)18-5-4-10-31-18)17(13-32-23)11-19(28)25-12-15-6-8-16(24)9-7-15/h4-10,13,21H,3,11-12H2,1-2H3,(H,25,28)/t21-/m0/s1. The van der Waals surface area contributed by atoms with E-state index in [1.165, 1.54) is 23.9 Å². The number of thiophene rings is 1. The molecule has 1 N–H and O–H groups in total. The van der Waals surface area contributed by atoms with Gasteiger partial charge >= 0.3 is 5.97 Å². The summed E-state index contributed by atoms with van der Waals surface area (Å²) in [5.41, 5.74) is 2.68. The van der Waals surface area contributed by atoms with Crippen LogP contribution in [0.3, 0.4) is 0 Å². The summed E-state index contributed by atoms with van der Waals surface area (Å²) < 4.78 is 18.4. The van der Waals surface area contributed by atoms with Crippen molar-refractivity contribution in [3.8, 4) is 0 Å². The largest absolute Gasteiger partial charge is 0.463 e. The van der Waals surface area contributed by atoms with E-state index in [9.17, 15) is 14.0 Å². The molecule has 9 heteroatoms. The molecule has 3 heterocycles. The third kappa shape index (κ3) is 4.63. The Hall–Kier alpha value is -2.91. The molecule has 2 aromatic rings. The topological polar surface area (TPSA) is 71.0 Å². The number of nitrogens with zero attached hydrogens (tertiary/aromatic N) is 2. The first kappa shape index (κ1) is 22.3. The van der Waals surface area contributed by atoms with Crippen molar-refractivity contribution in [3.05, 3.63) is 80.4 Å². The highest BCUT2D eigenvalue weighted by molar-refractivity contribution is 8.16. The van der Waals surface area contributed by atoms with Crippen molar-refractivity contribution in [2.24, 2.45) is 4.99 Å². The summed E-state index contributed by atoms with van der Waals surface area (Å²) >= 11 is 2.98. The number of carbonyl (C=O) groups excluding carboxylic acids is 2. The minimum Gasteiger partial charge on any atom is -0.463 e. The van der Waals surface area contributed by atoms with E-state index in [-0.39, 0.29) is 24.8 Å². The Morgan fingerprint density at radius 1 is 1.25 bits per heavy atom. The molecule has 4 rings (SSSR count). The average molecular weight is 472 g/mol. The maximum Gasteiger partial charge on any atom is 0.338 e. The minimum absolute atomic E-state index is 0.129. The number of esters is 1. The molecule has 0 aliphatic carbocycles. The fraction of sp³-hybridized carbons (Fsp3) is 0.261. The molecule has 0 saturated heterocycles. The summed E-state index contributed by atoms with van der Waals surface area (Å²) in [5.74, 6) is -0.884. The van der Waals surface area contributed by atoms with Crippen LogP contribution in [0.2, 0.25) is 0 Å². The second kappa shape index (κ2) is 9.70. The van der Waals surface area contributed by atoms with Gasteiger partial charge in [-0.05, 0) is 48.4 Å². The van der Waals surface area contributed by atoms with Crippen molar-refractivity contribution < 1.29 is 18.7 Å². The van der Waals surface area contributed by atoms with Crippen molar-refractivity contribution in [3.63, 3.8) is 0 Å². The average Bonchev–Trinajstić information content (AvgIpc) is 3.43. The lowest BCUT2D eigenvalue weighted by molar-refractivity contribution is -0.139. The van der Waals surface area contributed by atoms with Gasteiger partial charge in [-0.3, -0.25) is 4.79 Å². The number of halogens is 1. The molecule has 6 nitrogen and oxygen atoms in total. The Morgan fingerprint density at radius 3 is 2.72 bits per heavy atom. The van der Waals surface area contributed by atoms with Gasteiger partial charge in [0, 0.05) is 17.1 Å². The van der Waals surface area contributed by atoms with Crippen LogP contribution in [0.25, 0.3) is 0 Å². The van der Waals surface area contributed by atoms with E-state index in [1.807, 2.05) is 34.7 Å². The highest BCUT2D eigenvalue weighted by Crippen LogP contribution is 2.45. The summed E-state index contributed by atoms with van der Waals surface area (Å²) in [6.45, 7) is 4.16. The molecule has 0 spiro atoms. The second-order valence-electron chi connectivity index (χ2n) is 7.21. The molecule has 32 heavy (non-hydrogen) atoms. The van der Waals surface area contributed by atoms with Gasteiger partial charge in [-0.15, -0.1) is 11.3 Å². The van der Waals surface area contributed by atoms with Crippen molar-refractivity contribution in [1.29, 1.82) is 0 Å². The zero-order valence-corrected chi connectivity index (χ0v) is 19.3. The Morgan fingerprint density at radius 2 is 2.03 bits per heavy atom. The first-order valence-electron chi connectivity index (χ1n) is 10.1. The number of amides is 1. The van der Waals surface area contributed by atoms with Crippen LogP contribution in [0.4, 0.5) is 4.39 Å². The lowest BCUT2D eigenvalue weighted by Gasteiger charge is -2.35. The van der Waals surface area contributed by atoms with Crippen LogP contribution in [-0.4, -0.2) is 28.6 Å². The molecule has 1 aromatic carbocycles. The number of benzene rings is 1. The van der Waals surface area contributed by atoms with Gasteiger partial charge in [-0.1, -0.05) is 30.0 Å². The van der Waals surface area contributed by atoms with Gasteiger partial charge in [0.2, 0.25) is 5.91 Å². The molecular formula is C23H22FN3O3S2. The fourth-order valence-electron chi connectivity index (χ4n) is 3.59. The number of fused-ring (bicyclic) bond motifs is 1. The number of ether oxygens (including phenoxy) is 1. The van der Waals surface area contributed by atoms with Crippen LogP contribution in [0, 0.1) is 5.82 Å². The first-order valence-corrected chi connectivity index (χ1v) is 11.9. The number of amidine groups is 1. The summed E-state index contributed by atoms with van der Waals surface area (Å²) in [6.07, 6.45) is 0.129. The number of allylic oxidation sites excluding steroid dienone is 1. The van der Waals surface area contributed by atoms with Crippen molar-refractivity contribution >= 4 is 40.1 Å². The molecule has 1 aromatic heterocycles. The fourth-order valence-corrected chi connectivity index (χ4v) is 5.37. The van der Waals surface area contributed by atoms with Crippen LogP contribution in [0.5, 0.6) is 0 Å². The Balaban J connectivity index is 1.54. The van der Waals surface area contributed by atoms with Crippen LogP contribution in [-0.2, 0) is 20.9 Å². The van der Waals surface area contributed by atoms with Gasteiger partial charge in [0.05, 0.1) is 24.3 Å². The maximum absolute atomic E-state index is 13.1. The number of hydrogen-bond acceptors (Lipinski definition) is 7. The van der Waals surface area contributed by atoms with E-state index < -0.39 is 12.0 Å². The van der Waals surface area contributed by atoms with Gasteiger partial charge in [-0.2, -0.15) is 0 Å². The molecule has 0 unspecified atom stereocenters. The van der Waals surface area contributed by atoms with Crippen LogP contribution in [0.1, 0.15) is 36.8 Å². The summed E-state index contributed by atoms with van der Waals surface area (Å²) in [6, 6.07) is 9.53. The van der Waals surface area contributed by atoms with Crippen LogP contribution in [0.15, 0.2) is 69.1 Å².